The van der Waals surface area contributed by atoms with Crippen LogP contribution in [0.4, 0.5) is 5.69 Å². The number of anilines is 1. The molecule has 1 atom stereocenters. The molecule has 0 spiro atoms. The summed E-state index contributed by atoms with van der Waals surface area (Å²) in [7, 11) is 0. The number of ketones is 1. The smallest absolute Gasteiger partial charge is 0.238 e. The molecule has 1 heterocycles. The highest BCUT2D eigenvalue weighted by molar-refractivity contribution is 5.97. The van der Waals surface area contributed by atoms with Crippen LogP contribution in [0.25, 0.3) is 0 Å². The molecule has 5 nitrogen and oxygen atoms in total. The molecule has 5 heteroatoms. The topological polar surface area (TPSA) is 69.6 Å². The minimum Gasteiger partial charge on any atom is -0.389 e. The minimum absolute atomic E-state index is 0.0308. The highest BCUT2D eigenvalue weighted by atomic mass is 16.3. The standard InChI is InChI=1S/C15H20N2O3/c1-11(18)12-4-3-5-13(8-12)16-14(19)9-17-7-6-15(2,20)10-17/h3-5,8,20H,6-7,9-10H2,1-2H3,(H,16,19). The number of aliphatic hydroxyl groups is 1. The average molecular weight is 276 g/mol. The molecule has 0 radical (unpaired) electrons. The van der Waals surface area contributed by atoms with E-state index in [1.807, 2.05) is 4.90 Å². The van der Waals surface area contributed by atoms with Crippen LogP contribution in [0.5, 0.6) is 0 Å². The van der Waals surface area contributed by atoms with Gasteiger partial charge >= 0.3 is 0 Å². The van der Waals surface area contributed by atoms with Gasteiger partial charge in [0.1, 0.15) is 0 Å². The first-order valence-electron chi connectivity index (χ1n) is 6.71. The van der Waals surface area contributed by atoms with Crippen LogP contribution in [-0.4, -0.2) is 46.9 Å². The Hall–Kier alpha value is -1.72. The average Bonchev–Trinajstić information content (AvgIpc) is 2.68. The van der Waals surface area contributed by atoms with E-state index in [1.165, 1.54) is 6.92 Å². The Bertz CT molecular complexity index is 526. The summed E-state index contributed by atoms with van der Waals surface area (Å²) in [6.45, 7) is 4.75. The van der Waals surface area contributed by atoms with Gasteiger partial charge in [0.05, 0.1) is 12.1 Å². The fourth-order valence-corrected chi connectivity index (χ4v) is 2.39. The van der Waals surface area contributed by atoms with Gasteiger partial charge in [-0.1, -0.05) is 12.1 Å². The van der Waals surface area contributed by atoms with E-state index >= 15 is 0 Å². The van der Waals surface area contributed by atoms with Crippen molar-refractivity contribution in [1.82, 2.24) is 4.90 Å². The number of carbonyl (C=O) groups is 2. The van der Waals surface area contributed by atoms with Crippen LogP contribution in [0.3, 0.4) is 0 Å². The van der Waals surface area contributed by atoms with E-state index in [0.29, 0.717) is 30.8 Å². The maximum atomic E-state index is 11.9. The number of rotatable bonds is 4. The Morgan fingerprint density at radius 2 is 2.20 bits per heavy atom. The Morgan fingerprint density at radius 1 is 1.45 bits per heavy atom. The summed E-state index contributed by atoms with van der Waals surface area (Å²) in [6.07, 6.45) is 0.681. The van der Waals surface area contributed by atoms with Crippen molar-refractivity contribution < 1.29 is 14.7 Å². The Morgan fingerprint density at radius 3 is 2.80 bits per heavy atom. The zero-order valence-electron chi connectivity index (χ0n) is 11.8. The molecule has 1 unspecified atom stereocenters. The van der Waals surface area contributed by atoms with Gasteiger partial charge in [-0.15, -0.1) is 0 Å². The summed E-state index contributed by atoms with van der Waals surface area (Å²) in [5.41, 5.74) is 0.495. The molecule has 20 heavy (non-hydrogen) atoms. The molecule has 0 aromatic heterocycles. The lowest BCUT2D eigenvalue weighted by molar-refractivity contribution is -0.117. The lowest BCUT2D eigenvalue weighted by Crippen LogP contribution is -2.35. The molecule has 1 aromatic rings. The summed E-state index contributed by atoms with van der Waals surface area (Å²) in [6, 6.07) is 6.88. The van der Waals surface area contributed by atoms with E-state index in [9.17, 15) is 14.7 Å². The molecular formula is C15H20N2O3. The highest BCUT2D eigenvalue weighted by Crippen LogP contribution is 2.20. The molecule has 1 aromatic carbocycles. The van der Waals surface area contributed by atoms with Crippen molar-refractivity contribution >= 4 is 17.4 Å². The van der Waals surface area contributed by atoms with Gasteiger partial charge in [-0.3, -0.25) is 14.5 Å². The van der Waals surface area contributed by atoms with Crippen molar-refractivity contribution in [3.05, 3.63) is 29.8 Å². The normalized spacial score (nSPS) is 22.8. The maximum absolute atomic E-state index is 11.9. The van der Waals surface area contributed by atoms with E-state index < -0.39 is 5.60 Å². The quantitative estimate of drug-likeness (QED) is 0.813. The zero-order chi connectivity index (χ0) is 14.8. The highest BCUT2D eigenvalue weighted by Gasteiger charge is 2.31. The Balaban J connectivity index is 1.92. The van der Waals surface area contributed by atoms with Crippen molar-refractivity contribution in [2.24, 2.45) is 0 Å². The van der Waals surface area contributed by atoms with E-state index in [0.717, 1.165) is 0 Å². The molecule has 2 N–H and O–H groups in total. The Kier molecular flexibility index (Phi) is 4.20. The Labute approximate surface area is 118 Å². The van der Waals surface area contributed by atoms with Gasteiger partial charge in [0.15, 0.2) is 5.78 Å². The van der Waals surface area contributed by atoms with Gasteiger partial charge in [0.2, 0.25) is 5.91 Å². The van der Waals surface area contributed by atoms with Gasteiger partial charge < -0.3 is 10.4 Å². The second-order valence-corrected chi connectivity index (χ2v) is 5.64. The van der Waals surface area contributed by atoms with Crippen LogP contribution in [0.1, 0.15) is 30.6 Å². The minimum atomic E-state index is -0.700. The molecule has 1 aliphatic heterocycles. The molecular weight excluding hydrogens is 256 g/mol. The van der Waals surface area contributed by atoms with E-state index in [1.54, 1.807) is 31.2 Å². The number of benzene rings is 1. The number of hydrogen-bond donors (Lipinski definition) is 2. The SMILES string of the molecule is CC(=O)c1cccc(NC(=O)CN2CCC(C)(O)C2)c1. The molecule has 108 valence electrons. The molecule has 0 aliphatic carbocycles. The second kappa shape index (κ2) is 5.73. The molecule has 1 fully saturated rings. The first-order valence-corrected chi connectivity index (χ1v) is 6.71. The predicted octanol–water partition coefficient (Wildman–Crippen LogP) is 1.28. The van der Waals surface area contributed by atoms with Crippen LogP contribution in [0.15, 0.2) is 24.3 Å². The fraction of sp³-hybridized carbons (Fsp3) is 0.467. The van der Waals surface area contributed by atoms with E-state index in [4.69, 9.17) is 0 Å². The molecule has 2 rings (SSSR count). The van der Waals surface area contributed by atoms with Gasteiger partial charge in [-0.25, -0.2) is 0 Å². The number of likely N-dealkylation sites (tertiary alicyclic amines) is 1. The maximum Gasteiger partial charge on any atom is 0.238 e. The summed E-state index contributed by atoms with van der Waals surface area (Å²) in [5, 5.41) is 12.6. The molecule has 1 saturated heterocycles. The summed E-state index contributed by atoms with van der Waals surface area (Å²) >= 11 is 0. The third kappa shape index (κ3) is 3.88. The summed E-state index contributed by atoms with van der Waals surface area (Å²) in [4.78, 5) is 25.1. The largest absolute Gasteiger partial charge is 0.389 e. The first kappa shape index (κ1) is 14.7. The van der Waals surface area contributed by atoms with Crippen LogP contribution in [-0.2, 0) is 4.79 Å². The number of Topliss-reactive ketones (excluding diaryl/α,β-unsaturated/α-hetero) is 1. The molecule has 1 aliphatic rings. The number of hydrogen-bond acceptors (Lipinski definition) is 4. The van der Waals surface area contributed by atoms with Crippen molar-refractivity contribution in [1.29, 1.82) is 0 Å². The number of amides is 1. The van der Waals surface area contributed by atoms with E-state index in [-0.39, 0.29) is 18.2 Å². The monoisotopic (exact) mass is 276 g/mol. The van der Waals surface area contributed by atoms with Crippen LogP contribution >= 0.6 is 0 Å². The van der Waals surface area contributed by atoms with Crippen LogP contribution in [0.2, 0.25) is 0 Å². The van der Waals surface area contributed by atoms with Gasteiger partial charge in [-0.05, 0) is 32.4 Å². The second-order valence-electron chi connectivity index (χ2n) is 5.64. The fourth-order valence-electron chi connectivity index (χ4n) is 2.39. The van der Waals surface area contributed by atoms with Gasteiger partial charge in [0.25, 0.3) is 0 Å². The molecule has 0 bridgehead atoms. The van der Waals surface area contributed by atoms with Gasteiger partial charge in [0, 0.05) is 24.3 Å². The lowest BCUT2D eigenvalue weighted by atomic mass is 10.1. The van der Waals surface area contributed by atoms with Crippen molar-refractivity contribution in [2.75, 3.05) is 25.0 Å². The number of β-amino-alcohol motifs (C(OH)–C–C–N with tert-alkyl or cyclic N) is 1. The predicted molar refractivity (Wildman–Crippen MR) is 76.8 cm³/mol. The van der Waals surface area contributed by atoms with Crippen molar-refractivity contribution in [3.8, 4) is 0 Å². The van der Waals surface area contributed by atoms with Crippen molar-refractivity contribution in [3.63, 3.8) is 0 Å². The molecule has 1 amide bonds. The number of carbonyl (C=O) groups excluding carboxylic acids is 2. The van der Waals surface area contributed by atoms with Crippen LogP contribution in [0, 0.1) is 0 Å². The third-order valence-electron chi connectivity index (χ3n) is 3.45. The first-order chi connectivity index (χ1) is 9.35. The number of nitrogens with zero attached hydrogens (tertiary/aromatic N) is 1. The van der Waals surface area contributed by atoms with Crippen molar-refractivity contribution in [2.45, 2.75) is 25.9 Å². The molecule has 0 saturated carbocycles. The van der Waals surface area contributed by atoms with Gasteiger partial charge in [-0.2, -0.15) is 0 Å². The summed E-state index contributed by atoms with van der Waals surface area (Å²) < 4.78 is 0. The summed E-state index contributed by atoms with van der Waals surface area (Å²) in [5.74, 6) is -0.167. The van der Waals surface area contributed by atoms with Crippen LogP contribution < -0.4 is 5.32 Å². The third-order valence-corrected chi connectivity index (χ3v) is 3.45. The number of nitrogens with one attached hydrogen (secondary N) is 1. The lowest BCUT2D eigenvalue weighted by Gasteiger charge is -2.18. The zero-order valence-corrected chi connectivity index (χ0v) is 11.8. The van der Waals surface area contributed by atoms with E-state index in [2.05, 4.69) is 5.32 Å².